The number of nitrogens with zero attached hydrogens (tertiary/aromatic N) is 1. The van der Waals surface area contributed by atoms with Gasteiger partial charge in [0.25, 0.3) is 0 Å². The number of nitrogens with one attached hydrogen (secondary N) is 1. The minimum Gasteiger partial charge on any atom is -0.325 e. The lowest BCUT2D eigenvalue weighted by atomic mass is 10.2. The molecule has 1 unspecified atom stereocenters. The first-order chi connectivity index (χ1) is 9.97. The van der Waals surface area contributed by atoms with Crippen LogP contribution in [0.3, 0.4) is 0 Å². The van der Waals surface area contributed by atoms with Gasteiger partial charge in [0.15, 0.2) is 0 Å². The quantitative estimate of drug-likeness (QED) is 0.847. The molecule has 1 N–H and O–H groups in total. The Kier molecular flexibility index (Phi) is 5.56. The smallest absolute Gasteiger partial charge is 0.238 e. The summed E-state index contributed by atoms with van der Waals surface area (Å²) in [5, 5.41) is 5.00. The summed E-state index contributed by atoms with van der Waals surface area (Å²) in [6, 6.07) is 10.2. The third kappa shape index (κ3) is 4.40. The first kappa shape index (κ1) is 16.2. The third-order valence-corrected chi connectivity index (χ3v) is 5.38. The van der Waals surface area contributed by atoms with Gasteiger partial charge in [0.2, 0.25) is 5.91 Å². The van der Waals surface area contributed by atoms with E-state index in [0.717, 1.165) is 15.7 Å². The van der Waals surface area contributed by atoms with Crippen LogP contribution < -0.4 is 5.32 Å². The van der Waals surface area contributed by atoms with Crippen molar-refractivity contribution < 1.29 is 4.79 Å². The summed E-state index contributed by atoms with van der Waals surface area (Å²) in [6.45, 7) is 4.49. The van der Waals surface area contributed by atoms with Crippen molar-refractivity contribution in [3.63, 3.8) is 0 Å². The van der Waals surface area contributed by atoms with Gasteiger partial charge in [0.1, 0.15) is 0 Å². The summed E-state index contributed by atoms with van der Waals surface area (Å²) in [5.74, 6) is 0.00243. The SMILES string of the molecule is Cc1cc(NC(=O)CN(C)C(C)c2cccs2)ccc1Br. The number of amides is 1. The van der Waals surface area contributed by atoms with E-state index in [9.17, 15) is 4.79 Å². The average molecular weight is 367 g/mol. The van der Waals surface area contributed by atoms with Crippen molar-refractivity contribution in [2.45, 2.75) is 19.9 Å². The summed E-state index contributed by atoms with van der Waals surface area (Å²) in [7, 11) is 1.97. The molecule has 2 rings (SSSR count). The van der Waals surface area contributed by atoms with Crippen molar-refractivity contribution in [3.8, 4) is 0 Å². The van der Waals surface area contributed by atoms with E-state index in [-0.39, 0.29) is 11.9 Å². The number of benzene rings is 1. The van der Waals surface area contributed by atoms with Crippen molar-refractivity contribution in [3.05, 3.63) is 50.6 Å². The Morgan fingerprint density at radius 1 is 1.43 bits per heavy atom. The molecule has 112 valence electrons. The molecule has 3 nitrogen and oxygen atoms in total. The van der Waals surface area contributed by atoms with Gasteiger partial charge in [-0.25, -0.2) is 0 Å². The number of likely N-dealkylation sites (N-methyl/N-ethyl adjacent to an activating group) is 1. The number of carbonyl (C=O) groups excluding carboxylic acids is 1. The topological polar surface area (TPSA) is 32.3 Å². The van der Waals surface area contributed by atoms with Crippen LogP contribution in [0.25, 0.3) is 0 Å². The zero-order valence-electron chi connectivity index (χ0n) is 12.4. The van der Waals surface area contributed by atoms with Gasteiger partial charge < -0.3 is 5.32 Å². The predicted molar refractivity (Wildman–Crippen MR) is 92.9 cm³/mol. The van der Waals surface area contributed by atoms with Crippen LogP contribution in [0.1, 0.15) is 23.4 Å². The minimum absolute atomic E-state index is 0.00243. The standard InChI is InChI=1S/C16H19BrN2OS/c1-11-9-13(6-7-14(11)17)18-16(20)10-19(3)12(2)15-5-4-8-21-15/h4-9,12H,10H2,1-3H3,(H,18,20). The van der Waals surface area contributed by atoms with Crippen LogP contribution in [0.4, 0.5) is 5.69 Å². The summed E-state index contributed by atoms with van der Waals surface area (Å²) in [4.78, 5) is 15.4. The Morgan fingerprint density at radius 3 is 2.81 bits per heavy atom. The van der Waals surface area contributed by atoms with Crippen LogP contribution in [-0.2, 0) is 4.79 Å². The molecular weight excluding hydrogens is 348 g/mol. The summed E-state index contributed by atoms with van der Waals surface area (Å²) >= 11 is 5.17. The van der Waals surface area contributed by atoms with Gasteiger partial charge in [-0.05, 0) is 56.1 Å². The fraction of sp³-hybridized carbons (Fsp3) is 0.312. The maximum Gasteiger partial charge on any atom is 0.238 e. The fourth-order valence-corrected chi connectivity index (χ4v) is 3.13. The van der Waals surface area contributed by atoms with E-state index in [1.165, 1.54) is 4.88 Å². The third-order valence-electron chi connectivity index (χ3n) is 3.45. The van der Waals surface area contributed by atoms with E-state index in [1.54, 1.807) is 11.3 Å². The van der Waals surface area contributed by atoms with Gasteiger partial charge in [0, 0.05) is 21.1 Å². The average Bonchev–Trinajstić information content (AvgIpc) is 2.96. The molecule has 5 heteroatoms. The molecule has 0 aliphatic heterocycles. The van der Waals surface area contributed by atoms with Gasteiger partial charge in [0.05, 0.1) is 6.54 Å². The van der Waals surface area contributed by atoms with Crippen molar-refractivity contribution in [2.75, 3.05) is 18.9 Å². The number of aryl methyl sites for hydroxylation is 1. The highest BCUT2D eigenvalue weighted by Crippen LogP contribution is 2.23. The Morgan fingerprint density at radius 2 is 2.19 bits per heavy atom. The monoisotopic (exact) mass is 366 g/mol. The normalized spacial score (nSPS) is 12.4. The van der Waals surface area contributed by atoms with Crippen molar-refractivity contribution in [1.82, 2.24) is 4.90 Å². The molecule has 1 amide bonds. The van der Waals surface area contributed by atoms with Gasteiger partial charge >= 0.3 is 0 Å². The number of hydrogen-bond acceptors (Lipinski definition) is 3. The summed E-state index contributed by atoms with van der Waals surface area (Å²) < 4.78 is 1.05. The first-order valence-electron chi connectivity index (χ1n) is 6.77. The molecule has 0 aliphatic carbocycles. The number of halogens is 1. The van der Waals surface area contributed by atoms with E-state index >= 15 is 0 Å². The zero-order valence-corrected chi connectivity index (χ0v) is 14.8. The van der Waals surface area contributed by atoms with Crippen LogP contribution in [0.15, 0.2) is 40.2 Å². The second kappa shape index (κ2) is 7.20. The molecule has 1 aromatic heterocycles. The first-order valence-corrected chi connectivity index (χ1v) is 8.44. The van der Waals surface area contributed by atoms with E-state index in [0.29, 0.717) is 6.54 Å². The molecule has 2 aromatic rings. The van der Waals surface area contributed by atoms with E-state index in [4.69, 9.17) is 0 Å². The molecule has 21 heavy (non-hydrogen) atoms. The molecule has 0 saturated heterocycles. The van der Waals surface area contributed by atoms with Crippen molar-refractivity contribution >= 4 is 38.9 Å². The summed E-state index contributed by atoms with van der Waals surface area (Å²) in [5.41, 5.74) is 1.94. The molecule has 0 saturated carbocycles. The van der Waals surface area contributed by atoms with Gasteiger partial charge in [-0.3, -0.25) is 9.69 Å². The highest BCUT2D eigenvalue weighted by molar-refractivity contribution is 9.10. The highest BCUT2D eigenvalue weighted by Gasteiger charge is 2.15. The molecular formula is C16H19BrN2OS. The Hall–Kier alpha value is -1.17. The molecule has 0 fully saturated rings. The maximum absolute atomic E-state index is 12.1. The molecule has 0 aliphatic rings. The second-order valence-corrected chi connectivity index (χ2v) is 6.95. The maximum atomic E-state index is 12.1. The minimum atomic E-state index is 0.00243. The van der Waals surface area contributed by atoms with Crippen molar-refractivity contribution in [1.29, 1.82) is 0 Å². The van der Waals surface area contributed by atoms with Crippen LogP contribution in [-0.4, -0.2) is 24.4 Å². The Bertz CT molecular complexity index is 613. The number of hydrogen-bond donors (Lipinski definition) is 1. The van der Waals surface area contributed by atoms with Gasteiger partial charge in [-0.1, -0.05) is 22.0 Å². The van der Waals surface area contributed by atoms with Crippen LogP contribution in [0, 0.1) is 6.92 Å². The van der Waals surface area contributed by atoms with Crippen LogP contribution in [0.2, 0.25) is 0 Å². The van der Waals surface area contributed by atoms with E-state index in [2.05, 4.69) is 39.6 Å². The molecule has 0 spiro atoms. The Labute approximate surface area is 138 Å². The number of anilines is 1. The van der Waals surface area contributed by atoms with Crippen LogP contribution in [0.5, 0.6) is 0 Å². The lowest BCUT2D eigenvalue weighted by Crippen LogP contribution is -2.31. The number of carbonyl (C=O) groups is 1. The van der Waals surface area contributed by atoms with Crippen LogP contribution >= 0.6 is 27.3 Å². The highest BCUT2D eigenvalue weighted by atomic mass is 79.9. The molecule has 1 atom stereocenters. The van der Waals surface area contributed by atoms with Gasteiger partial charge in [-0.2, -0.15) is 0 Å². The second-order valence-electron chi connectivity index (χ2n) is 5.12. The summed E-state index contributed by atoms with van der Waals surface area (Å²) in [6.07, 6.45) is 0. The largest absolute Gasteiger partial charge is 0.325 e. The molecule has 1 heterocycles. The zero-order chi connectivity index (χ0) is 15.4. The lowest BCUT2D eigenvalue weighted by Gasteiger charge is -2.23. The predicted octanol–water partition coefficient (Wildman–Crippen LogP) is 4.45. The molecule has 0 bridgehead atoms. The van der Waals surface area contributed by atoms with E-state index in [1.807, 2.05) is 43.1 Å². The van der Waals surface area contributed by atoms with E-state index < -0.39 is 0 Å². The van der Waals surface area contributed by atoms with Gasteiger partial charge in [-0.15, -0.1) is 11.3 Å². The number of thiophene rings is 1. The fourth-order valence-electron chi connectivity index (χ4n) is 2.03. The van der Waals surface area contributed by atoms with Crippen molar-refractivity contribution in [2.24, 2.45) is 0 Å². The Balaban J connectivity index is 1.93. The molecule has 0 radical (unpaired) electrons. The molecule has 1 aromatic carbocycles. The number of rotatable bonds is 5. The lowest BCUT2D eigenvalue weighted by molar-refractivity contribution is -0.117.